The van der Waals surface area contributed by atoms with Crippen molar-refractivity contribution in [2.75, 3.05) is 19.8 Å². The standard InChI is InChI=1S/C85H147NO13/c1-3-5-7-9-11-13-15-17-19-21-23-25-27-29-30-31-32-33-34-35-36-37-38-39-40-41-42-43-44-45-47-49-51-53-55-57-59-61-63-65-67-69-77(90)86-73(72-96-84-82(95)80(93)83(76(71-88)98-84)99-85-81(94)79(92)78(91)75(70-87)97-85)74(89)68-66-64-62-60-58-56-54-52-50-48-46-28-26-24-22-20-18-16-14-12-10-8-6-4-2/h5,7,11,13,17,19,23,25,29-30,32-33,35-36,38-39,41-42,44-45,73-76,78-85,87-89,91-95H,3-4,6,8-10,12,14-16,18,20-22,24,26-28,31,34,37,40,43,46-72H2,1-2H3,(H,86,90)/b7-5-,13-11-,19-17-,25-23-,30-29-,33-32-,36-35-,39-38-,42-41-,45-44-. The number of unbranched alkanes of at least 4 members (excludes halogenated alkanes) is 33. The molecule has 0 aromatic heterocycles. The second-order valence-electron chi connectivity index (χ2n) is 27.8. The van der Waals surface area contributed by atoms with E-state index in [1.807, 2.05) is 0 Å². The molecule has 2 fully saturated rings. The van der Waals surface area contributed by atoms with Gasteiger partial charge in [-0.2, -0.15) is 0 Å². The third kappa shape index (κ3) is 50.4. The van der Waals surface area contributed by atoms with Crippen molar-refractivity contribution in [2.24, 2.45) is 0 Å². The predicted molar refractivity (Wildman–Crippen MR) is 410 cm³/mol. The molecule has 0 aromatic rings. The molecule has 2 heterocycles. The highest BCUT2D eigenvalue weighted by molar-refractivity contribution is 5.76. The van der Waals surface area contributed by atoms with Gasteiger partial charge in [-0.15, -0.1) is 0 Å². The van der Waals surface area contributed by atoms with Gasteiger partial charge in [0.15, 0.2) is 12.6 Å². The zero-order valence-electron chi connectivity index (χ0n) is 62.4. The van der Waals surface area contributed by atoms with Gasteiger partial charge in [0, 0.05) is 6.42 Å². The topological polar surface area (TPSA) is 228 Å². The van der Waals surface area contributed by atoms with Crippen LogP contribution in [0.3, 0.4) is 0 Å². The molecule has 0 bridgehead atoms. The molecule has 1 amide bonds. The summed E-state index contributed by atoms with van der Waals surface area (Å²) < 4.78 is 23.0. The number of hydrogen-bond donors (Lipinski definition) is 9. The maximum absolute atomic E-state index is 13.4. The van der Waals surface area contributed by atoms with Crippen LogP contribution in [0.2, 0.25) is 0 Å². The minimum atomic E-state index is -1.79. The number of hydrogen-bond acceptors (Lipinski definition) is 13. The normalized spacial score (nSPS) is 22.6. The first-order chi connectivity index (χ1) is 48.6. The fourth-order valence-corrected chi connectivity index (χ4v) is 12.6. The molecular formula is C85H147NO13. The van der Waals surface area contributed by atoms with E-state index in [9.17, 15) is 45.6 Å². The molecule has 0 aromatic carbocycles. The van der Waals surface area contributed by atoms with Crippen molar-refractivity contribution in [3.63, 3.8) is 0 Å². The molecule has 2 rings (SSSR count). The smallest absolute Gasteiger partial charge is 0.220 e. The number of carbonyl (C=O) groups is 1. The summed E-state index contributed by atoms with van der Waals surface area (Å²) in [6.45, 7) is 2.78. The van der Waals surface area contributed by atoms with Crippen LogP contribution >= 0.6 is 0 Å². The summed E-state index contributed by atoms with van der Waals surface area (Å²) in [6, 6.07) is -0.841. The van der Waals surface area contributed by atoms with Crippen LogP contribution in [0.1, 0.15) is 316 Å². The molecule has 14 nitrogen and oxygen atoms in total. The summed E-state index contributed by atoms with van der Waals surface area (Å²) >= 11 is 0. The zero-order chi connectivity index (χ0) is 71.5. The van der Waals surface area contributed by atoms with E-state index in [2.05, 4.69) is 141 Å². The van der Waals surface area contributed by atoms with Gasteiger partial charge >= 0.3 is 0 Å². The first kappa shape index (κ1) is 91.5. The maximum Gasteiger partial charge on any atom is 0.220 e. The Morgan fingerprint density at radius 3 is 1.07 bits per heavy atom. The largest absolute Gasteiger partial charge is 0.394 e. The van der Waals surface area contributed by atoms with Crippen molar-refractivity contribution >= 4 is 5.91 Å². The Morgan fingerprint density at radius 2 is 0.697 bits per heavy atom. The number of rotatable bonds is 66. The van der Waals surface area contributed by atoms with Gasteiger partial charge in [0.05, 0.1) is 32.0 Å². The summed E-state index contributed by atoms with van der Waals surface area (Å²) in [5.41, 5.74) is 0. The van der Waals surface area contributed by atoms with Gasteiger partial charge in [0.2, 0.25) is 5.91 Å². The van der Waals surface area contributed by atoms with Gasteiger partial charge in [0.1, 0.15) is 48.8 Å². The van der Waals surface area contributed by atoms with Crippen LogP contribution in [0.25, 0.3) is 0 Å². The average Bonchev–Trinajstić information content (AvgIpc) is 0.799. The zero-order valence-corrected chi connectivity index (χ0v) is 62.4. The molecule has 12 atom stereocenters. The van der Waals surface area contributed by atoms with Crippen LogP contribution in [0.5, 0.6) is 0 Å². The molecule has 0 saturated carbocycles. The summed E-state index contributed by atoms with van der Waals surface area (Å²) in [4.78, 5) is 13.4. The Kier molecular flexibility index (Phi) is 62.4. The molecule has 570 valence electrons. The molecule has 0 radical (unpaired) electrons. The lowest BCUT2D eigenvalue weighted by Crippen LogP contribution is -2.65. The van der Waals surface area contributed by atoms with E-state index >= 15 is 0 Å². The summed E-state index contributed by atoms with van der Waals surface area (Å²) in [6.07, 6.45) is 82.2. The summed E-state index contributed by atoms with van der Waals surface area (Å²) in [5, 5.41) is 87.8. The number of aliphatic hydroxyl groups excluding tert-OH is 8. The van der Waals surface area contributed by atoms with Crippen LogP contribution < -0.4 is 5.32 Å². The van der Waals surface area contributed by atoms with Crippen LogP contribution in [0, 0.1) is 0 Å². The van der Waals surface area contributed by atoms with E-state index in [4.69, 9.17) is 18.9 Å². The van der Waals surface area contributed by atoms with Crippen LogP contribution in [-0.2, 0) is 23.7 Å². The maximum atomic E-state index is 13.4. The van der Waals surface area contributed by atoms with Gasteiger partial charge in [0.25, 0.3) is 0 Å². The Labute approximate surface area is 603 Å². The van der Waals surface area contributed by atoms with E-state index in [-0.39, 0.29) is 12.5 Å². The second kappa shape index (κ2) is 67.6. The number of allylic oxidation sites excluding steroid dienone is 20. The summed E-state index contributed by atoms with van der Waals surface area (Å²) in [5.74, 6) is -0.212. The lowest BCUT2D eigenvalue weighted by molar-refractivity contribution is -0.359. The van der Waals surface area contributed by atoms with Gasteiger partial charge < -0.3 is 65.1 Å². The number of amides is 1. The minimum Gasteiger partial charge on any atom is -0.394 e. The quantitative estimate of drug-likeness (QED) is 0.0204. The monoisotopic (exact) mass is 1390 g/mol. The predicted octanol–water partition coefficient (Wildman–Crippen LogP) is 18.4. The first-order valence-corrected chi connectivity index (χ1v) is 40.3. The highest BCUT2D eigenvalue weighted by Crippen LogP contribution is 2.30. The highest BCUT2D eigenvalue weighted by Gasteiger charge is 2.51. The number of ether oxygens (including phenoxy) is 4. The van der Waals surface area contributed by atoms with Crippen LogP contribution in [0.4, 0.5) is 0 Å². The van der Waals surface area contributed by atoms with Crippen molar-refractivity contribution in [1.82, 2.24) is 5.32 Å². The lowest BCUT2D eigenvalue weighted by Gasteiger charge is -2.46. The second-order valence-corrected chi connectivity index (χ2v) is 27.8. The molecule has 14 heteroatoms. The fraction of sp³-hybridized carbons (Fsp3) is 0.753. The van der Waals surface area contributed by atoms with Crippen molar-refractivity contribution < 1.29 is 64.6 Å². The third-order valence-corrected chi connectivity index (χ3v) is 18.9. The molecule has 9 N–H and O–H groups in total. The Balaban J connectivity index is 1.61. The Hall–Kier alpha value is -3.61. The lowest BCUT2D eigenvalue weighted by atomic mass is 9.97. The molecule has 0 aliphatic carbocycles. The van der Waals surface area contributed by atoms with Crippen molar-refractivity contribution in [3.8, 4) is 0 Å². The van der Waals surface area contributed by atoms with Crippen LogP contribution in [0.15, 0.2) is 122 Å². The van der Waals surface area contributed by atoms with E-state index < -0.39 is 86.8 Å². The van der Waals surface area contributed by atoms with E-state index in [0.29, 0.717) is 19.3 Å². The van der Waals surface area contributed by atoms with E-state index in [0.717, 1.165) is 116 Å². The fourth-order valence-electron chi connectivity index (χ4n) is 12.6. The average molecular weight is 1390 g/mol. The number of nitrogens with one attached hydrogen (secondary N) is 1. The Morgan fingerprint density at radius 1 is 0.374 bits per heavy atom. The molecular weight excluding hydrogens is 1240 g/mol. The molecule has 99 heavy (non-hydrogen) atoms. The van der Waals surface area contributed by atoms with E-state index in [1.54, 1.807) is 0 Å². The van der Waals surface area contributed by atoms with Crippen molar-refractivity contribution in [1.29, 1.82) is 0 Å². The first-order valence-electron chi connectivity index (χ1n) is 40.3. The van der Waals surface area contributed by atoms with Gasteiger partial charge in [-0.3, -0.25) is 4.79 Å². The van der Waals surface area contributed by atoms with Gasteiger partial charge in [-0.1, -0.05) is 341 Å². The minimum absolute atomic E-state index is 0.212. The number of carbonyl (C=O) groups excluding carboxylic acids is 1. The summed E-state index contributed by atoms with van der Waals surface area (Å²) in [7, 11) is 0. The molecule has 12 unspecified atom stereocenters. The van der Waals surface area contributed by atoms with Crippen molar-refractivity contribution in [2.45, 2.75) is 389 Å². The third-order valence-electron chi connectivity index (χ3n) is 18.9. The SMILES string of the molecule is CC/C=C\C/C=C\C/C=C\C/C=C\C/C=C\C/C=C\C/C=C\C/C=C\C/C=C\C/C=C\CCCCCCCCCCCCC(=O)NC(COC1OC(CO)C(OC2OC(CO)C(O)C(O)C2O)C(O)C1O)C(O)CCCCCCCCCCCCCCCCCCCCCCCCCC. The number of aliphatic hydroxyl groups is 8. The Bertz CT molecular complexity index is 2130. The molecule has 0 spiro atoms. The van der Waals surface area contributed by atoms with Crippen molar-refractivity contribution in [3.05, 3.63) is 122 Å². The highest BCUT2D eigenvalue weighted by atomic mass is 16.7. The molecule has 2 aliphatic heterocycles. The molecule has 2 aliphatic rings. The molecule has 2 saturated heterocycles. The van der Waals surface area contributed by atoms with Gasteiger partial charge in [-0.05, 0) is 89.9 Å². The van der Waals surface area contributed by atoms with Gasteiger partial charge in [-0.25, -0.2) is 0 Å². The van der Waals surface area contributed by atoms with Crippen LogP contribution in [-0.4, -0.2) is 140 Å². The van der Waals surface area contributed by atoms with E-state index in [1.165, 1.54) is 167 Å².